The highest BCUT2D eigenvalue weighted by atomic mass is 16.4. The summed E-state index contributed by atoms with van der Waals surface area (Å²) in [5.74, 6) is 0.447. The molecule has 0 atom stereocenters. The largest absolute Gasteiger partial charge is 0.477 e. The second kappa shape index (κ2) is 6.17. The first-order valence-corrected chi connectivity index (χ1v) is 7.10. The van der Waals surface area contributed by atoms with Crippen LogP contribution in [0, 0.1) is 0 Å². The van der Waals surface area contributed by atoms with Crippen molar-refractivity contribution in [1.82, 2.24) is 14.9 Å². The van der Waals surface area contributed by atoms with Gasteiger partial charge in [-0.25, -0.2) is 14.8 Å². The molecule has 1 aliphatic heterocycles. The summed E-state index contributed by atoms with van der Waals surface area (Å²) < 4.78 is 0. The molecule has 1 aromatic heterocycles. The molecule has 0 radical (unpaired) electrons. The molecule has 6 heteroatoms. The zero-order chi connectivity index (χ0) is 14.7. The Balaban J connectivity index is 2.24. The maximum atomic E-state index is 11.2. The molecule has 0 aromatic carbocycles. The van der Waals surface area contributed by atoms with Crippen molar-refractivity contribution < 1.29 is 9.90 Å². The Bertz CT molecular complexity index is 482. The van der Waals surface area contributed by atoms with E-state index in [2.05, 4.69) is 26.7 Å². The lowest BCUT2D eigenvalue weighted by Crippen LogP contribution is -2.46. The summed E-state index contributed by atoms with van der Waals surface area (Å²) in [5, 5.41) is 9.18. The Hall–Kier alpha value is -1.69. The van der Waals surface area contributed by atoms with Crippen molar-refractivity contribution in [1.29, 1.82) is 0 Å². The minimum Gasteiger partial charge on any atom is -0.477 e. The van der Waals surface area contributed by atoms with E-state index in [0.29, 0.717) is 5.82 Å². The molecule has 0 aliphatic carbocycles. The van der Waals surface area contributed by atoms with Gasteiger partial charge in [-0.2, -0.15) is 0 Å². The molecular formula is C14H22N4O2. The molecule has 6 nitrogen and oxygen atoms in total. The molecule has 0 bridgehead atoms. The SMILES string of the molecule is CCN1CCN(c2cc(C(=O)O)nc(C(C)C)n2)CC1. The highest BCUT2D eigenvalue weighted by Crippen LogP contribution is 2.19. The zero-order valence-corrected chi connectivity index (χ0v) is 12.3. The van der Waals surface area contributed by atoms with Gasteiger partial charge >= 0.3 is 5.97 Å². The second-order valence-electron chi connectivity index (χ2n) is 5.35. The quantitative estimate of drug-likeness (QED) is 0.898. The summed E-state index contributed by atoms with van der Waals surface area (Å²) >= 11 is 0. The summed E-state index contributed by atoms with van der Waals surface area (Å²) in [4.78, 5) is 24.3. The Morgan fingerprint density at radius 3 is 2.45 bits per heavy atom. The van der Waals surface area contributed by atoms with Crippen molar-refractivity contribution in [3.05, 3.63) is 17.6 Å². The fourth-order valence-corrected chi connectivity index (χ4v) is 2.28. The number of carbonyl (C=O) groups is 1. The van der Waals surface area contributed by atoms with Crippen LogP contribution in [0.4, 0.5) is 5.82 Å². The molecule has 0 amide bonds. The first-order chi connectivity index (χ1) is 9.51. The van der Waals surface area contributed by atoms with E-state index in [0.717, 1.165) is 38.5 Å². The van der Waals surface area contributed by atoms with E-state index in [1.165, 1.54) is 0 Å². The molecule has 1 N–H and O–H groups in total. The molecule has 20 heavy (non-hydrogen) atoms. The third-order valence-electron chi connectivity index (χ3n) is 3.61. The molecule has 0 saturated carbocycles. The lowest BCUT2D eigenvalue weighted by atomic mass is 10.2. The maximum Gasteiger partial charge on any atom is 0.354 e. The summed E-state index contributed by atoms with van der Waals surface area (Å²) in [6.45, 7) is 10.9. The predicted octanol–water partition coefficient (Wildman–Crippen LogP) is 1.44. The highest BCUT2D eigenvalue weighted by Gasteiger charge is 2.20. The third kappa shape index (κ3) is 3.25. The van der Waals surface area contributed by atoms with Gasteiger partial charge in [0.25, 0.3) is 0 Å². The van der Waals surface area contributed by atoms with Crippen molar-refractivity contribution in [3.63, 3.8) is 0 Å². The minimum atomic E-state index is -0.997. The molecule has 1 aliphatic rings. The van der Waals surface area contributed by atoms with E-state index in [1.807, 2.05) is 13.8 Å². The van der Waals surface area contributed by atoms with E-state index in [-0.39, 0.29) is 11.6 Å². The van der Waals surface area contributed by atoms with Gasteiger partial charge in [0, 0.05) is 38.2 Å². The number of aromatic nitrogens is 2. The van der Waals surface area contributed by atoms with Gasteiger partial charge in [-0.05, 0) is 6.54 Å². The number of aromatic carboxylic acids is 1. The highest BCUT2D eigenvalue weighted by molar-refractivity contribution is 5.86. The number of hydrogen-bond donors (Lipinski definition) is 1. The van der Waals surface area contributed by atoms with Crippen LogP contribution in [0.1, 0.15) is 43.0 Å². The number of anilines is 1. The first-order valence-electron chi connectivity index (χ1n) is 7.10. The molecule has 2 heterocycles. The number of likely N-dealkylation sites (N-methyl/N-ethyl adjacent to an activating group) is 1. The second-order valence-corrected chi connectivity index (χ2v) is 5.35. The third-order valence-corrected chi connectivity index (χ3v) is 3.61. The number of nitrogens with zero attached hydrogens (tertiary/aromatic N) is 4. The van der Waals surface area contributed by atoms with E-state index >= 15 is 0 Å². The van der Waals surface area contributed by atoms with Gasteiger partial charge in [-0.15, -0.1) is 0 Å². The van der Waals surface area contributed by atoms with E-state index < -0.39 is 5.97 Å². The smallest absolute Gasteiger partial charge is 0.354 e. The van der Waals surface area contributed by atoms with Crippen LogP contribution in [0.2, 0.25) is 0 Å². The van der Waals surface area contributed by atoms with Crippen molar-refractivity contribution >= 4 is 11.8 Å². The molecule has 1 fully saturated rings. The maximum absolute atomic E-state index is 11.2. The lowest BCUT2D eigenvalue weighted by Gasteiger charge is -2.35. The summed E-state index contributed by atoms with van der Waals surface area (Å²) in [6.07, 6.45) is 0. The fraction of sp³-hybridized carbons (Fsp3) is 0.643. The van der Waals surface area contributed by atoms with E-state index in [4.69, 9.17) is 0 Å². The topological polar surface area (TPSA) is 69.6 Å². The Labute approximate surface area is 119 Å². The Morgan fingerprint density at radius 2 is 1.95 bits per heavy atom. The van der Waals surface area contributed by atoms with Crippen molar-refractivity contribution in [2.75, 3.05) is 37.6 Å². The van der Waals surface area contributed by atoms with Gasteiger partial charge in [0.1, 0.15) is 11.6 Å². The molecular weight excluding hydrogens is 256 g/mol. The molecule has 110 valence electrons. The van der Waals surface area contributed by atoms with Gasteiger partial charge in [-0.1, -0.05) is 20.8 Å². The number of carboxylic acids is 1. The van der Waals surface area contributed by atoms with Crippen molar-refractivity contribution in [2.45, 2.75) is 26.7 Å². The average Bonchev–Trinajstić information content (AvgIpc) is 2.46. The van der Waals surface area contributed by atoms with Gasteiger partial charge in [-0.3, -0.25) is 0 Å². The van der Waals surface area contributed by atoms with Crippen LogP contribution in [0.25, 0.3) is 0 Å². The minimum absolute atomic E-state index is 0.0802. The Kier molecular flexibility index (Phi) is 4.54. The van der Waals surface area contributed by atoms with Crippen LogP contribution >= 0.6 is 0 Å². The van der Waals surface area contributed by atoms with Crippen LogP contribution in [0.5, 0.6) is 0 Å². The summed E-state index contributed by atoms with van der Waals surface area (Å²) in [5.41, 5.74) is 0.0802. The average molecular weight is 278 g/mol. The monoisotopic (exact) mass is 278 g/mol. The number of rotatable bonds is 4. The van der Waals surface area contributed by atoms with Crippen LogP contribution in [0.15, 0.2) is 6.07 Å². The zero-order valence-electron chi connectivity index (χ0n) is 12.3. The fourth-order valence-electron chi connectivity index (χ4n) is 2.28. The van der Waals surface area contributed by atoms with Gasteiger partial charge in [0.05, 0.1) is 0 Å². The van der Waals surface area contributed by atoms with Crippen LogP contribution in [-0.2, 0) is 0 Å². The number of carboxylic acid groups (broad SMARTS) is 1. The summed E-state index contributed by atoms with van der Waals surface area (Å²) in [6, 6.07) is 1.58. The molecule has 2 rings (SSSR count). The van der Waals surface area contributed by atoms with Gasteiger partial charge in [0.15, 0.2) is 5.69 Å². The molecule has 1 saturated heterocycles. The number of hydrogen-bond acceptors (Lipinski definition) is 5. The van der Waals surface area contributed by atoms with Crippen molar-refractivity contribution in [2.24, 2.45) is 0 Å². The van der Waals surface area contributed by atoms with Gasteiger partial charge < -0.3 is 14.9 Å². The molecule has 0 unspecified atom stereocenters. The van der Waals surface area contributed by atoms with E-state index in [1.54, 1.807) is 6.07 Å². The summed E-state index contributed by atoms with van der Waals surface area (Å²) in [7, 11) is 0. The normalized spacial score (nSPS) is 16.7. The standard InChI is InChI=1S/C14H22N4O2/c1-4-17-5-7-18(8-6-17)12-9-11(14(19)20)15-13(16-12)10(2)3/h9-10H,4-8H2,1-3H3,(H,19,20). The predicted molar refractivity (Wildman–Crippen MR) is 77.4 cm³/mol. The number of piperazine rings is 1. The molecule has 1 aromatic rings. The Morgan fingerprint density at radius 1 is 1.30 bits per heavy atom. The first kappa shape index (κ1) is 14.7. The van der Waals surface area contributed by atoms with Crippen LogP contribution in [-0.4, -0.2) is 58.7 Å². The molecule has 0 spiro atoms. The van der Waals surface area contributed by atoms with E-state index in [9.17, 15) is 9.90 Å². The van der Waals surface area contributed by atoms with Gasteiger partial charge in [0.2, 0.25) is 0 Å². The lowest BCUT2D eigenvalue weighted by molar-refractivity contribution is 0.0690. The van der Waals surface area contributed by atoms with Crippen molar-refractivity contribution in [3.8, 4) is 0 Å². The van der Waals surface area contributed by atoms with Crippen LogP contribution in [0.3, 0.4) is 0 Å². The van der Waals surface area contributed by atoms with Crippen LogP contribution < -0.4 is 4.90 Å².